The zero-order valence-corrected chi connectivity index (χ0v) is 10.2. The number of hydrogen-bond acceptors (Lipinski definition) is 2. The molecule has 1 aromatic rings. The molecule has 0 amide bonds. The quantitative estimate of drug-likeness (QED) is 0.734. The second-order valence-electron chi connectivity index (χ2n) is 2.93. The van der Waals surface area contributed by atoms with Crippen LogP contribution in [0.15, 0.2) is 22.2 Å². The highest BCUT2D eigenvalue weighted by Gasteiger charge is 2.04. The Labute approximate surface area is 102 Å². The molecule has 0 fully saturated rings. The smallest absolute Gasteiger partial charge is 0.130 e. The molecule has 0 saturated heterocycles. The van der Waals surface area contributed by atoms with Gasteiger partial charge in [-0.1, -0.05) is 17.7 Å². The Hall–Kier alpha value is -1.29. The molecule has 1 aromatic carbocycles. The van der Waals surface area contributed by atoms with E-state index in [4.69, 9.17) is 22.1 Å². The lowest BCUT2D eigenvalue weighted by molar-refractivity contribution is 1.43. The minimum atomic E-state index is 0.0365. The Balaban J connectivity index is 3.35. The van der Waals surface area contributed by atoms with Gasteiger partial charge in [0.1, 0.15) is 17.7 Å². The summed E-state index contributed by atoms with van der Waals surface area (Å²) in [6.45, 7) is 1.91. The van der Waals surface area contributed by atoms with E-state index in [2.05, 4.69) is 15.9 Å². The molecule has 0 heterocycles. The van der Waals surface area contributed by atoms with Gasteiger partial charge in [0, 0.05) is 4.47 Å². The van der Waals surface area contributed by atoms with Crippen molar-refractivity contribution in [3.63, 3.8) is 0 Å². The number of nitriles is 2. The van der Waals surface area contributed by atoms with Crippen LogP contribution in [0.2, 0.25) is 5.02 Å². The molecule has 2 nitrogen and oxygen atoms in total. The number of aryl methyl sites for hydroxylation is 1. The summed E-state index contributed by atoms with van der Waals surface area (Å²) in [5.41, 5.74) is 1.71. The normalized spacial score (nSPS) is 8.87. The van der Waals surface area contributed by atoms with Crippen molar-refractivity contribution in [3.8, 4) is 12.1 Å². The Morgan fingerprint density at radius 1 is 1.40 bits per heavy atom. The van der Waals surface area contributed by atoms with Crippen molar-refractivity contribution in [2.75, 3.05) is 0 Å². The van der Waals surface area contributed by atoms with E-state index in [1.54, 1.807) is 12.1 Å². The number of benzene rings is 1. The van der Waals surface area contributed by atoms with Gasteiger partial charge >= 0.3 is 0 Å². The summed E-state index contributed by atoms with van der Waals surface area (Å²) in [6.07, 6.45) is 1.47. The van der Waals surface area contributed by atoms with Crippen molar-refractivity contribution in [1.29, 1.82) is 10.5 Å². The summed E-state index contributed by atoms with van der Waals surface area (Å²) in [5, 5.41) is 17.7. The second-order valence-corrected chi connectivity index (χ2v) is 4.16. The SMILES string of the molecule is Cc1cc(Br)c(Cl)c(C=C(C#N)C#N)c1. The van der Waals surface area contributed by atoms with Gasteiger partial charge in [-0.05, 0) is 46.1 Å². The molecule has 4 heteroatoms. The molecule has 0 radical (unpaired) electrons. The maximum Gasteiger partial charge on any atom is 0.130 e. The first-order valence-corrected chi connectivity index (χ1v) is 5.23. The third-order valence-corrected chi connectivity index (χ3v) is 3.02. The number of hydrogen-bond donors (Lipinski definition) is 0. The van der Waals surface area contributed by atoms with Gasteiger partial charge < -0.3 is 0 Å². The third kappa shape index (κ3) is 2.83. The number of rotatable bonds is 1. The van der Waals surface area contributed by atoms with Gasteiger partial charge in [0.15, 0.2) is 0 Å². The molecule has 0 spiro atoms. The van der Waals surface area contributed by atoms with Crippen LogP contribution in [-0.4, -0.2) is 0 Å². The van der Waals surface area contributed by atoms with E-state index < -0.39 is 0 Å². The number of allylic oxidation sites excluding steroid dienone is 1. The molecule has 0 atom stereocenters. The van der Waals surface area contributed by atoms with Crippen LogP contribution in [0.3, 0.4) is 0 Å². The van der Waals surface area contributed by atoms with Crippen LogP contribution < -0.4 is 0 Å². The first kappa shape index (κ1) is 11.8. The van der Waals surface area contributed by atoms with Gasteiger partial charge in [0.05, 0.1) is 5.02 Å². The topological polar surface area (TPSA) is 47.6 Å². The van der Waals surface area contributed by atoms with E-state index in [0.29, 0.717) is 10.6 Å². The zero-order chi connectivity index (χ0) is 11.4. The Morgan fingerprint density at radius 2 is 2.00 bits per heavy atom. The Kier molecular flexibility index (Phi) is 3.91. The first-order valence-electron chi connectivity index (χ1n) is 4.06. The highest BCUT2D eigenvalue weighted by Crippen LogP contribution is 2.29. The van der Waals surface area contributed by atoms with Crippen molar-refractivity contribution < 1.29 is 0 Å². The molecule has 0 aliphatic rings. The summed E-state index contributed by atoms with van der Waals surface area (Å²) in [7, 11) is 0. The van der Waals surface area contributed by atoms with Crippen molar-refractivity contribution in [2.24, 2.45) is 0 Å². The predicted octanol–water partition coefficient (Wildman–Crippen LogP) is 3.84. The maximum atomic E-state index is 8.62. The third-order valence-electron chi connectivity index (χ3n) is 1.74. The van der Waals surface area contributed by atoms with Crippen LogP contribution in [-0.2, 0) is 0 Å². The molecule has 74 valence electrons. The molecule has 0 saturated carbocycles. The minimum absolute atomic E-state index is 0.0365. The van der Waals surface area contributed by atoms with Crippen molar-refractivity contribution >= 4 is 33.6 Å². The fourth-order valence-electron chi connectivity index (χ4n) is 1.10. The van der Waals surface area contributed by atoms with Crippen LogP contribution in [0.4, 0.5) is 0 Å². The molecule has 0 unspecified atom stereocenters. The lowest BCUT2D eigenvalue weighted by atomic mass is 10.1. The van der Waals surface area contributed by atoms with E-state index in [1.165, 1.54) is 6.08 Å². The first-order chi connectivity index (χ1) is 7.08. The summed E-state index contributed by atoms with van der Waals surface area (Å²) >= 11 is 9.32. The van der Waals surface area contributed by atoms with Crippen molar-refractivity contribution in [2.45, 2.75) is 6.92 Å². The maximum absolute atomic E-state index is 8.62. The molecule has 0 aliphatic carbocycles. The molecule has 0 aromatic heterocycles. The summed E-state index contributed by atoms with van der Waals surface area (Å²) in [5.74, 6) is 0. The molecule has 0 aliphatic heterocycles. The zero-order valence-electron chi connectivity index (χ0n) is 7.88. The van der Waals surface area contributed by atoms with Gasteiger partial charge in [-0.15, -0.1) is 0 Å². The average Bonchev–Trinajstić information content (AvgIpc) is 2.21. The van der Waals surface area contributed by atoms with Gasteiger partial charge in [-0.2, -0.15) is 10.5 Å². The highest BCUT2D eigenvalue weighted by atomic mass is 79.9. The van der Waals surface area contributed by atoms with Crippen LogP contribution >= 0.6 is 27.5 Å². The van der Waals surface area contributed by atoms with E-state index >= 15 is 0 Å². The number of halogens is 2. The second kappa shape index (κ2) is 4.98. The van der Waals surface area contributed by atoms with E-state index in [1.807, 2.05) is 19.1 Å². The monoisotopic (exact) mass is 280 g/mol. The largest absolute Gasteiger partial charge is 0.192 e. The highest BCUT2D eigenvalue weighted by molar-refractivity contribution is 9.10. The van der Waals surface area contributed by atoms with Crippen LogP contribution in [0.5, 0.6) is 0 Å². The van der Waals surface area contributed by atoms with Gasteiger partial charge in [0.25, 0.3) is 0 Å². The van der Waals surface area contributed by atoms with E-state index in [-0.39, 0.29) is 5.57 Å². The van der Waals surface area contributed by atoms with Crippen LogP contribution in [0.25, 0.3) is 6.08 Å². The summed E-state index contributed by atoms with van der Waals surface area (Å²) < 4.78 is 0.755. The Morgan fingerprint density at radius 3 is 2.53 bits per heavy atom. The van der Waals surface area contributed by atoms with Crippen LogP contribution in [0, 0.1) is 29.6 Å². The fourth-order valence-corrected chi connectivity index (χ4v) is 1.86. The minimum Gasteiger partial charge on any atom is -0.192 e. The summed E-state index contributed by atoms with van der Waals surface area (Å²) in [4.78, 5) is 0. The van der Waals surface area contributed by atoms with Crippen LogP contribution in [0.1, 0.15) is 11.1 Å². The summed E-state index contributed by atoms with van der Waals surface area (Å²) in [6, 6.07) is 7.28. The lowest BCUT2D eigenvalue weighted by Gasteiger charge is -2.03. The number of nitrogens with zero attached hydrogens (tertiary/aromatic N) is 2. The lowest BCUT2D eigenvalue weighted by Crippen LogP contribution is -1.83. The molecule has 15 heavy (non-hydrogen) atoms. The van der Waals surface area contributed by atoms with Crippen molar-refractivity contribution in [1.82, 2.24) is 0 Å². The van der Waals surface area contributed by atoms with E-state index in [9.17, 15) is 0 Å². The van der Waals surface area contributed by atoms with E-state index in [0.717, 1.165) is 10.0 Å². The standard InChI is InChI=1S/C11H6BrClN2/c1-7-2-9(4-8(5-14)6-15)11(13)10(12)3-7/h2-4H,1H3. The molecular formula is C11H6BrClN2. The molecule has 1 rings (SSSR count). The van der Waals surface area contributed by atoms with Gasteiger partial charge in [-0.25, -0.2) is 0 Å². The molecule has 0 bridgehead atoms. The van der Waals surface area contributed by atoms with Gasteiger partial charge in [0.2, 0.25) is 0 Å². The average molecular weight is 282 g/mol. The fraction of sp³-hybridized carbons (Fsp3) is 0.0909. The molecular weight excluding hydrogens is 275 g/mol. The van der Waals surface area contributed by atoms with Crippen molar-refractivity contribution in [3.05, 3.63) is 38.3 Å². The van der Waals surface area contributed by atoms with Gasteiger partial charge in [-0.3, -0.25) is 0 Å². The predicted molar refractivity (Wildman–Crippen MR) is 63.1 cm³/mol. The molecule has 0 N–H and O–H groups in total. The Bertz CT molecular complexity index is 491.